The number of rotatable bonds is 11. The van der Waals surface area contributed by atoms with Gasteiger partial charge in [-0.2, -0.15) is 0 Å². The topological polar surface area (TPSA) is 15.3 Å². The molecule has 0 atom stereocenters. The van der Waals surface area contributed by atoms with Crippen LogP contribution in [-0.2, 0) is 13.0 Å². The van der Waals surface area contributed by atoms with Gasteiger partial charge in [-0.15, -0.1) is 0 Å². The molecule has 2 nitrogen and oxygen atoms in total. The van der Waals surface area contributed by atoms with Gasteiger partial charge in [-0.1, -0.05) is 45.0 Å². The van der Waals surface area contributed by atoms with Crippen LogP contribution in [0.3, 0.4) is 0 Å². The first kappa shape index (κ1) is 17.2. The summed E-state index contributed by atoms with van der Waals surface area (Å²) in [4.78, 5) is 2.55. The molecule has 0 unspecified atom stereocenters. The highest BCUT2D eigenvalue weighted by molar-refractivity contribution is 5.22. The molecule has 1 rings (SSSR count). The zero-order valence-corrected chi connectivity index (χ0v) is 13.6. The van der Waals surface area contributed by atoms with Crippen LogP contribution in [0.4, 0.5) is 0 Å². The summed E-state index contributed by atoms with van der Waals surface area (Å²) in [5.74, 6) is 0. The van der Waals surface area contributed by atoms with Crippen LogP contribution in [0.15, 0.2) is 24.3 Å². The van der Waals surface area contributed by atoms with E-state index in [1.807, 2.05) is 0 Å². The summed E-state index contributed by atoms with van der Waals surface area (Å²) >= 11 is 0. The predicted molar refractivity (Wildman–Crippen MR) is 89.2 cm³/mol. The molecule has 1 aromatic carbocycles. The van der Waals surface area contributed by atoms with E-state index in [4.69, 9.17) is 0 Å². The third-order valence-electron chi connectivity index (χ3n) is 3.53. The molecule has 0 radical (unpaired) electrons. The van der Waals surface area contributed by atoms with E-state index in [-0.39, 0.29) is 0 Å². The number of hydrogen-bond donors (Lipinski definition) is 1. The van der Waals surface area contributed by atoms with Crippen molar-refractivity contribution in [2.75, 3.05) is 26.2 Å². The van der Waals surface area contributed by atoms with Gasteiger partial charge in [-0.25, -0.2) is 0 Å². The van der Waals surface area contributed by atoms with Crippen LogP contribution < -0.4 is 5.32 Å². The van der Waals surface area contributed by atoms with Crippen molar-refractivity contribution in [3.63, 3.8) is 0 Å². The zero-order valence-electron chi connectivity index (χ0n) is 13.6. The number of benzene rings is 1. The first-order valence-corrected chi connectivity index (χ1v) is 8.31. The molecule has 20 heavy (non-hydrogen) atoms. The average Bonchev–Trinajstić information content (AvgIpc) is 2.46. The molecule has 0 aliphatic rings. The Bertz CT molecular complexity index is 326. The average molecular weight is 276 g/mol. The second-order valence-electron chi connectivity index (χ2n) is 5.59. The summed E-state index contributed by atoms with van der Waals surface area (Å²) in [5, 5.41) is 3.46. The molecule has 114 valence electrons. The van der Waals surface area contributed by atoms with Gasteiger partial charge < -0.3 is 5.32 Å². The van der Waals surface area contributed by atoms with Gasteiger partial charge in [0.15, 0.2) is 0 Å². The van der Waals surface area contributed by atoms with E-state index in [2.05, 4.69) is 55.3 Å². The summed E-state index contributed by atoms with van der Waals surface area (Å²) in [6.45, 7) is 12.4. The summed E-state index contributed by atoms with van der Waals surface area (Å²) in [5.41, 5.74) is 2.88. The Hall–Kier alpha value is -0.860. The summed E-state index contributed by atoms with van der Waals surface area (Å²) in [7, 11) is 0. The minimum Gasteiger partial charge on any atom is -0.316 e. The molecule has 0 saturated heterocycles. The van der Waals surface area contributed by atoms with Crippen molar-refractivity contribution in [2.24, 2.45) is 0 Å². The molecule has 0 aliphatic heterocycles. The Labute approximate surface area is 125 Å². The lowest BCUT2D eigenvalue weighted by molar-refractivity contribution is 0.266. The number of nitrogens with one attached hydrogen (secondary N) is 1. The van der Waals surface area contributed by atoms with Crippen LogP contribution in [0.5, 0.6) is 0 Å². The van der Waals surface area contributed by atoms with Crippen molar-refractivity contribution in [1.82, 2.24) is 10.2 Å². The largest absolute Gasteiger partial charge is 0.316 e. The van der Waals surface area contributed by atoms with Crippen LogP contribution in [0.1, 0.15) is 51.2 Å². The van der Waals surface area contributed by atoms with Gasteiger partial charge in [0.1, 0.15) is 0 Å². The standard InChI is InChI=1S/C18H32N2/c1-4-12-19-13-11-17-7-9-18(10-8-17)16-20(14-5-2)15-6-3/h7-10,19H,4-6,11-16H2,1-3H3. The smallest absolute Gasteiger partial charge is 0.0233 e. The fraction of sp³-hybridized carbons (Fsp3) is 0.667. The van der Waals surface area contributed by atoms with Gasteiger partial charge >= 0.3 is 0 Å². The molecule has 0 spiro atoms. The second-order valence-corrected chi connectivity index (χ2v) is 5.59. The van der Waals surface area contributed by atoms with Gasteiger partial charge in [-0.05, 0) is 63.0 Å². The molecule has 0 amide bonds. The fourth-order valence-electron chi connectivity index (χ4n) is 2.51. The summed E-state index contributed by atoms with van der Waals surface area (Å²) < 4.78 is 0. The van der Waals surface area contributed by atoms with Crippen LogP contribution in [-0.4, -0.2) is 31.1 Å². The Morgan fingerprint density at radius 1 is 0.800 bits per heavy atom. The molecule has 0 fully saturated rings. The van der Waals surface area contributed by atoms with Crippen molar-refractivity contribution in [3.05, 3.63) is 35.4 Å². The minimum atomic E-state index is 1.09. The molecule has 0 bridgehead atoms. The van der Waals surface area contributed by atoms with Crippen molar-refractivity contribution in [3.8, 4) is 0 Å². The monoisotopic (exact) mass is 276 g/mol. The van der Waals surface area contributed by atoms with Crippen molar-refractivity contribution in [2.45, 2.75) is 53.0 Å². The van der Waals surface area contributed by atoms with Crippen molar-refractivity contribution in [1.29, 1.82) is 0 Å². The number of hydrogen-bond acceptors (Lipinski definition) is 2. The second kappa shape index (κ2) is 10.9. The molecular weight excluding hydrogens is 244 g/mol. The number of nitrogens with zero attached hydrogens (tertiary/aromatic N) is 1. The zero-order chi connectivity index (χ0) is 14.6. The third kappa shape index (κ3) is 7.06. The van der Waals surface area contributed by atoms with Gasteiger partial charge in [0, 0.05) is 6.54 Å². The SMILES string of the molecule is CCCNCCc1ccc(CN(CCC)CCC)cc1. The van der Waals surface area contributed by atoms with Crippen LogP contribution in [0, 0.1) is 0 Å². The van der Waals surface area contributed by atoms with Gasteiger partial charge in [-0.3, -0.25) is 4.90 Å². The summed E-state index contributed by atoms with van der Waals surface area (Å²) in [6.07, 6.45) is 4.82. The van der Waals surface area contributed by atoms with Gasteiger partial charge in [0.05, 0.1) is 0 Å². The maximum atomic E-state index is 3.46. The van der Waals surface area contributed by atoms with E-state index < -0.39 is 0 Å². The Balaban J connectivity index is 2.40. The van der Waals surface area contributed by atoms with Crippen LogP contribution in [0.25, 0.3) is 0 Å². The lowest BCUT2D eigenvalue weighted by Gasteiger charge is -2.21. The fourth-order valence-corrected chi connectivity index (χ4v) is 2.51. The molecule has 1 N–H and O–H groups in total. The van der Waals surface area contributed by atoms with Crippen LogP contribution in [0.2, 0.25) is 0 Å². The molecule has 2 heteroatoms. The van der Waals surface area contributed by atoms with E-state index >= 15 is 0 Å². The molecule has 0 heterocycles. The molecule has 0 saturated carbocycles. The highest BCUT2D eigenvalue weighted by atomic mass is 15.1. The third-order valence-corrected chi connectivity index (χ3v) is 3.53. The Morgan fingerprint density at radius 3 is 1.95 bits per heavy atom. The van der Waals surface area contributed by atoms with Gasteiger partial charge in [0.25, 0.3) is 0 Å². The highest BCUT2D eigenvalue weighted by Gasteiger charge is 2.03. The summed E-state index contributed by atoms with van der Waals surface area (Å²) in [6, 6.07) is 9.18. The van der Waals surface area contributed by atoms with E-state index in [0.29, 0.717) is 0 Å². The minimum absolute atomic E-state index is 1.09. The molecular formula is C18H32N2. The lowest BCUT2D eigenvalue weighted by Crippen LogP contribution is -2.24. The predicted octanol–water partition coefficient (Wildman–Crippen LogP) is 3.85. The maximum absolute atomic E-state index is 3.46. The molecule has 0 aromatic heterocycles. The first-order chi connectivity index (χ1) is 9.80. The highest BCUT2D eigenvalue weighted by Crippen LogP contribution is 2.09. The molecule has 1 aromatic rings. The van der Waals surface area contributed by atoms with E-state index in [0.717, 1.165) is 26.1 Å². The van der Waals surface area contributed by atoms with Crippen molar-refractivity contribution < 1.29 is 0 Å². The van der Waals surface area contributed by atoms with Crippen LogP contribution >= 0.6 is 0 Å². The van der Waals surface area contributed by atoms with E-state index in [9.17, 15) is 0 Å². The van der Waals surface area contributed by atoms with E-state index in [1.54, 1.807) is 0 Å². The lowest BCUT2D eigenvalue weighted by atomic mass is 10.1. The van der Waals surface area contributed by atoms with Crippen molar-refractivity contribution >= 4 is 0 Å². The quantitative estimate of drug-likeness (QED) is 0.618. The normalized spacial score (nSPS) is 11.2. The first-order valence-electron chi connectivity index (χ1n) is 8.31. The van der Waals surface area contributed by atoms with E-state index in [1.165, 1.54) is 43.5 Å². The maximum Gasteiger partial charge on any atom is 0.0233 e. The van der Waals surface area contributed by atoms with Gasteiger partial charge in [0.2, 0.25) is 0 Å². The Morgan fingerprint density at radius 2 is 1.40 bits per heavy atom. The Kier molecular flexibility index (Phi) is 9.35. The molecule has 0 aliphatic carbocycles.